The van der Waals surface area contributed by atoms with Crippen LogP contribution >= 0.6 is 11.8 Å². The Morgan fingerprint density at radius 2 is 1.85 bits per heavy atom. The fourth-order valence-corrected chi connectivity index (χ4v) is 2.25. The van der Waals surface area contributed by atoms with Crippen molar-refractivity contribution in [3.05, 3.63) is 35.9 Å². The van der Waals surface area contributed by atoms with E-state index < -0.39 is 0 Å². The highest BCUT2D eigenvalue weighted by molar-refractivity contribution is 8.26. The molecule has 0 N–H and O–H groups in total. The number of benzene rings is 1. The molecule has 0 aromatic heterocycles. The minimum Gasteiger partial charge on any atom is -0.287 e. The second-order valence-corrected chi connectivity index (χ2v) is 4.02. The van der Waals surface area contributed by atoms with Gasteiger partial charge in [-0.3, -0.25) is 9.59 Å². The highest BCUT2D eigenvalue weighted by Gasteiger charge is 2.32. The van der Waals surface area contributed by atoms with E-state index >= 15 is 0 Å². The van der Waals surface area contributed by atoms with Gasteiger partial charge in [0.1, 0.15) is 0 Å². The lowest BCUT2D eigenvalue weighted by atomic mass is 9.98. The van der Waals surface area contributed by atoms with Gasteiger partial charge in [0.25, 0.3) is 0 Å². The number of carbonyl (C=O) groups excluding carboxylic acids is 2. The first-order chi connectivity index (χ1) is 6.27. The molecule has 1 aromatic rings. The first-order valence-electron chi connectivity index (χ1n) is 4.07. The average Bonchev–Trinajstić information content (AvgIpc) is 2.47. The van der Waals surface area contributed by atoms with Crippen molar-refractivity contribution in [3.8, 4) is 0 Å². The minimum absolute atomic E-state index is 0.0150. The molecule has 1 fully saturated rings. The van der Waals surface area contributed by atoms with Crippen molar-refractivity contribution in [2.24, 2.45) is 0 Å². The molecule has 1 unspecified atom stereocenters. The molecule has 1 saturated heterocycles. The quantitative estimate of drug-likeness (QED) is 0.682. The maximum Gasteiger partial charge on any atom is 0.204 e. The van der Waals surface area contributed by atoms with E-state index in [1.54, 1.807) is 0 Å². The zero-order chi connectivity index (χ0) is 9.26. The largest absolute Gasteiger partial charge is 0.287 e. The zero-order valence-corrected chi connectivity index (χ0v) is 7.71. The first kappa shape index (κ1) is 8.51. The molecule has 1 aliphatic heterocycles. The van der Waals surface area contributed by atoms with Gasteiger partial charge in [0.05, 0.1) is 5.92 Å². The van der Waals surface area contributed by atoms with Crippen LogP contribution in [0.25, 0.3) is 0 Å². The standard InChI is InChI=1S/C10H8O2S/c11-9-6-8(10(12)13-9)7-4-2-1-3-5-7/h1-5,8H,6H2. The molecule has 1 heterocycles. The summed E-state index contributed by atoms with van der Waals surface area (Å²) in [6.07, 6.45) is 0.355. The molecule has 0 spiro atoms. The Morgan fingerprint density at radius 1 is 1.15 bits per heavy atom. The van der Waals surface area contributed by atoms with Crippen LogP contribution < -0.4 is 0 Å². The van der Waals surface area contributed by atoms with Crippen LogP contribution in [0.4, 0.5) is 0 Å². The van der Waals surface area contributed by atoms with Crippen molar-refractivity contribution >= 4 is 22.0 Å². The van der Waals surface area contributed by atoms with Gasteiger partial charge in [0, 0.05) is 6.42 Å². The third-order valence-electron chi connectivity index (χ3n) is 2.07. The summed E-state index contributed by atoms with van der Waals surface area (Å²) >= 11 is 0.846. The lowest BCUT2D eigenvalue weighted by Crippen LogP contribution is -2.01. The average molecular weight is 192 g/mol. The van der Waals surface area contributed by atoms with Gasteiger partial charge in [-0.1, -0.05) is 30.3 Å². The van der Waals surface area contributed by atoms with Gasteiger partial charge in [-0.25, -0.2) is 0 Å². The molecular weight excluding hydrogens is 184 g/mol. The van der Waals surface area contributed by atoms with E-state index in [-0.39, 0.29) is 16.1 Å². The molecule has 0 aliphatic carbocycles. The van der Waals surface area contributed by atoms with E-state index in [0.717, 1.165) is 17.3 Å². The third kappa shape index (κ3) is 1.65. The number of thioether (sulfide) groups is 1. The van der Waals surface area contributed by atoms with Crippen LogP contribution in [0.5, 0.6) is 0 Å². The monoisotopic (exact) mass is 192 g/mol. The smallest absolute Gasteiger partial charge is 0.204 e. The van der Waals surface area contributed by atoms with Gasteiger partial charge >= 0.3 is 0 Å². The molecule has 1 aromatic carbocycles. The first-order valence-corrected chi connectivity index (χ1v) is 4.88. The maximum absolute atomic E-state index is 11.3. The predicted octanol–water partition coefficient (Wildman–Crippen LogP) is 1.96. The van der Waals surface area contributed by atoms with E-state index in [2.05, 4.69) is 0 Å². The van der Waals surface area contributed by atoms with Gasteiger partial charge in [0.15, 0.2) is 5.12 Å². The van der Waals surface area contributed by atoms with Crippen molar-refractivity contribution in [3.63, 3.8) is 0 Å². The predicted molar refractivity (Wildman–Crippen MR) is 51.4 cm³/mol. The summed E-state index contributed by atoms with van der Waals surface area (Å²) < 4.78 is 0. The van der Waals surface area contributed by atoms with Crippen molar-refractivity contribution in [1.82, 2.24) is 0 Å². The summed E-state index contributed by atoms with van der Waals surface area (Å²) in [4.78, 5) is 22.3. The molecule has 1 atom stereocenters. The van der Waals surface area contributed by atoms with Crippen LogP contribution in [0.1, 0.15) is 17.9 Å². The van der Waals surface area contributed by atoms with Gasteiger partial charge in [-0.05, 0) is 17.3 Å². The highest BCUT2D eigenvalue weighted by atomic mass is 32.2. The summed E-state index contributed by atoms with van der Waals surface area (Å²) in [6.45, 7) is 0. The number of hydrogen-bond acceptors (Lipinski definition) is 3. The van der Waals surface area contributed by atoms with Crippen molar-refractivity contribution < 1.29 is 9.59 Å². The van der Waals surface area contributed by atoms with Crippen molar-refractivity contribution in [2.75, 3.05) is 0 Å². The zero-order valence-electron chi connectivity index (χ0n) is 6.90. The molecule has 66 valence electrons. The molecule has 0 amide bonds. The van der Waals surface area contributed by atoms with Crippen LogP contribution in [0, 0.1) is 0 Å². The molecule has 0 saturated carbocycles. The van der Waals surface area contributed by atoms with Crippen LogP contribution in [-0.2, 0) is 9.59 Å². The second kappa shape index (κ2) is 3.34. The SMILES string of the molecule is O=C1CC(c2ccccc2)C(=O)S1. The minimum atomic E-state index is -0.210. The molecule has 13 heavy (non-hydrogen) atoms. The third-order valence-corrected chi connectivity index (χ3v) is 2.95. The van der Waals surface area contributed by atoms with Crippen molar-refractivity contribution in [2.45, 2.75) is 12.3 Å². The summed E-state index contributed by atoms with van der Waals surface area (Å²) in [6, 6.07) is 9.45. The fourth-order valence-electron chi connectivity index (χ4n) is 1.41. The topological polar surface area (TPSA) is 34.1 Å². The summed E-state index contributed by atoms with van der Waals surface area (Å²) in [5.74, 6) is -0.210. The summed E-state index contributed by atoms with van der Waals surface area (Å²) in [5, 5.41) is -0.0324. The molecule has 1 aliphatic rings. The number of hydrogen-bond donors (Lipinski definition) is 0. The van der Waals surface area contributed by atoms with Crippen molar-refractivity contribution in [1.29, 1.82) is 0 Å². The lowest BCUT2D eigenvalue weighted by Gasteiger charge is -2.04. The van der Waals surface area contributed by atoms with Crippen LogP contribution in [0.2, 0.25) is 0 Å². The Labute approximate surface area is 80.3 Å². The summed E-state index contributed by atoms with van der Waals surface area (Å²) in [7, 11) is 0. The van der Waals surface area contributed by atoms with Gasteiger partial charge < -0.3 is 0 Å². The van der Waals surface area contributed by atoms with E-state index in [1.807, 2.05) is 30.3 Å². The van der Waals surface area contributed by atoms with E-state index in [9.17, 15) is 9.59 Å². The van der Waals surface area contributed by atoms with E-state index in [0.29, 0.717) is 6.42 Å². The second-order valence-electron chi connectivity index (χ2n) is 2.96. The van der Waals surface area contributed by atoms with E-state index in [4.69, 9.17) is 0 Å². The molecule has 0 radical (unpaired) electrons. The van der Waals surface area contributed by atoms with Crippen LogP contribution in [0.3, 0.4) is 0 Å². The van der Waals surface area contributed by atoms with Crippen LogP contribution in [-0.4, -0.2) is 10.2 Å². The summed E-state index contributed by atoms with van der Waals surface area (Å²) in [5.41, 5.74) is 0.950. The maximum atomic E-state index is 11.3. The molecule has 2 nitrogen and oxygen atoms in total. The van der Waals surface area contributed by atoms with Crippen LogP contribution in [0.15, 0.2) is 30.3 Å². The Hall–Kier alpha value is -1.09. The Morgan fingerprint density at radius 3 is 2.38 bits per heavy atom. The Kier molecular flexibility index (Phi) is 2.19. The Bertz CT molecular complexity index is 345. The lowest BCUT2D eigenvalue weighted by molar-refractivity contribution is -0.113. The number of rotatable bonds is 1. The molecular formula is C10H8O2S. The number of carbonyl (C=O) groups is 2. The van der Waals surface area contributed by atoms with E-state index in [1.165, 1.54) is 0 Å². The fraction of sp³-hybridized carbons (Fsp3) is 0.200. The van der Waals surface area contributed by atoms with Gasteiger partial charge in [-0.2, -0.15) is 0 Å². The highest BCUT2D eigenvalue weighted by Crippen LogP contribution is 2.34. The Balaban J connectivity index is 2.28. The molecule has 3 heteroatoms. The van der Waals surface area contributed by atoms with Gasteiger partial charge in [-0.15, -0.1) is 0 Å². The molecule has 0 bridgehead atoms. The normalized spacial score (nSPS) is 22.3. The van der Waals surface area contributed by atoms with Gasteiger partial charge in [0.2, 0.25) is 5.12 Å². The molecule has 2 rings (SSSR count).